The highest BCUT2D eigenvalue weighted by Crippen LogP contribution is 2.43. The predicted molar refractivity (Wildman–Crippen MR) is 64.6 cm³/mol. The maximum atomic E-state index is 12.0. The van der Waals surface area contributed by atoms with Gasteiger partial charge in [-0.3, -0.25) is 9.69 Å². The van der Waals surface area contributed by atoms with E-state index < -0.39 is 11.6 Å². The molecule has 0 aromatic heterocycles. The summed E-state index contributed by atoms with van der Waals surface area (Å²) in [6.07, 6.45) is 7.29. The van der Waals surface area contributed by atoms with Crippen LogP contribution in [0.3, 0.4) is 0 Å². The highest BCUT2D eigenvalue weighted by Gasteiger charge is 2.62. The molecule has 2 saturated heterocycles. The summed E-state index contributed by atoms with van der Waals surface area (Å²) in [7, 11) is 0. The van der Waals surface area contributed by atoms with Crippen LogP contribution in [0.5, 0.6) is 0 Å². The van der Waals surface area contributed by atoms with Crippen molar-refractivity contribution in [3.05, 3.63) is 0 Å². The number of nitrogens with two attached hydrogens (primary N) is 1. The van der Waals surface area contributed by atoms with Crippen molar-refractivity contribution in [2.24, 2.45) is 10.7 Å². The minimum Gasteiger partial charge on any atom is -0.385 e. The predicted octanol–water partition coefficient (Wildman–Crippen LogP) is -0.454. The minimum atomic E-state index is -0.795. The van der Waals surface area contributed by atoms with Gasteiger partial charge in [0.05, 0.1) is 19.0 Å². The van der Waals surface area contributed by atoms with Crippen LogP contribution in [0.2, 0.25) is 0 Å². The molecule has 1 spiro atoms. The van der Waals surface area contributed by atoms with Gasteiger partial charge >= 0.3 is 6.03 Å². The van der Waals surface area contributed by atoms with Crippen LogP contribution < -0.4 is 5.73 Å². The van der Waals surface area contributed by atoms with Gasteiger partial charge in [0.1, 0.15) is 11.4 Å². The maximum absolute atomic E-state index is 12.0. The lowest BCUT2D eigenvalue weighted by molar-refractivity contribution is -0.127. The van der Waals surface area contributed by atoms with Crippen molar-refractivity contribution in [1.82, 2.24) is 9.80 Å². The quantitative estimate of drug-likeness (QED) is 0.636. The van der Waals surface area contributed by atoms with E-state index in [0.29, 0.717) is 0 Å². The minimum absolute atomic E-state index is 0.0346. The van der Waals surface area contributed by atoms with Crippen LogP contribution >= 0.6 is 0 Å². The van der Waals surface area contributed by atoms with Gasteiger partial charge in [0.15, 0.2) is 0 Å². The summed E-state index contributed by atoms with van der Waals surface area (Å²) in [4.78, 5) is 31.0. The molecule has 6 heteroatoms. The lowest BCUT2D eigenvalue weighted by atomic mass is 9.86. The number of nitrogens with zero attached hydrogens (tertiary/aromatic N) is 3. The van der Waals surface area contributed by atoms with E-state index in [4.69, 9.17) is 12.2 Å². The number of carbonyl (C=O) groups is 2. The number of terminal acetylenes is 1. The Balaban J connectivity index is 2.07. The van der Waals surface area contributed by atoms with Crippen molar-refractivity contribution in [3.63, 3.8) is 0 Å². The third-order valence-electron chi connectivity index (χ3n) is 4.17. The summed E-state index contributed by atoms with van der Waals surface area (Å²) in [6, 6.07) is -0.486. The molecule has 0 aromatic carbocycles. The van der Waals surface area contributed by atoms with E-state index in [0.717, 1.165) is 19.4 Å². The molecule has 3 aliphatic heterocycles. The number of rotatable bonds is 1. The number of amidine groups is 1. The van der Waals surface area contributed by atoms with E-state index in [1.807, 2.05) is 4.90 Å². The van der Waals surface area contributed by atoms with Crippen molar-refractivity contribution < 1.29 is 9.59 Å². The van der Waals surface area contributed by atoms with Gasteiger partial charge in [-0.25, -0.2) is 4.79 Å². The first kappa shape index (κ1) is 11.1. The molecule has 2 fully saturated rings. The van der Waals surface area contributed by atoms with Gasteiger partial charge in [-0.15, -0.1) is 6.42 Å². The zero-order valence-corrected chi connectivity index (χ0v) is 9.93. The largest absolute Gasteiger partial charge is 0.385 e. The van der Waals surface area contributed by atoms with E-state index in [1.54, 1.807) is 0 Å². The van der Waals surface area contributed by atoms with E-state index in [9.17, 15) is 9.59 Å². The summed E-state index contributed by atoms with van der Waals surface area (Å²) in [5.41, 5.74) is 5.15. The highest BCUT2D eigenvalue weighted by atomic mass is 16.2. The van der Waals surface area contributed by atoms with E-state index in [-0.39, 0.29) is 30.8 Å². The van der Waals surface area contributed by atoms with Gasteiger partial charge in [-0.1, -0.05) is 5.92 Å². The number of hydrogen-bond acceptors (Lipinski definition) is 3. The van der Waals surface area contributed by atoms with E-state index in [1.165, 1.54) is 4.90 Å². The Morgan fingerprint density at radius 1 is 1.56 bits per heavy atom. The van der Waals surface area contributed by atoms with Gasteiger partial charge in [0.2, 0.25) is 5.91 Å². The fourth-order valence-electron chi connectivity index (χ4n) is 3.42. The molecule has 2 atom stereocenters. The van der Waals surface area contributed by atoms with Crippen LogP contribution in [0.4, 0.5) is 4.79 Å². The summed E-state index contributed by atoms with van der Waals surface area (Å²) < 4.78 is 0. The third-order valence-corrected chi connectivity index (χ3v) is 4.17. The van der Waals surface area contributed by atoms with Crippen LogP contribution in [-0.2, 0) is 4.79 Å². The van der Waals surface area contributed by atoms with Crippen molar-refractivity contribution >= 4 is 17.8 Å². The van der Waals surface area contributed by atoms with Crippen molar-refractivity contribution in [3.8, 4) is 12.3 Å². The van der Waals surface area contributed by atoms with E-state index >= 15 is 0 Å². The standard InChI is InChI=1S/C12H14N4O2/c1-2-5-16-11(18)14-10(13)12(16)7-9(17)15-6-3-4-8(12)15/h1,8H,3-7H2,(H2,13,14,18). The Bertz CT molecular complexity index is 507. The Kier molecular flexibility index (Phi) is 2.14. The van der Waals surface area contributed by atoms with E-state index in [2.05, 4.69) is 10.9 Å². The smallest absolute Gasteiger partial charge is 0.347 e. The van der Waals surface area contributed by atoms with Crippen molar-refractivity contribution in [1.29, 1.82) is 0 Å². The first-order valence-electron chi connectivity index (χ1n) is 6.00. The molecule has 3 heterocycles. The Labute approximate surface area is 105 Å². The summed E-state index contributed by atoms with van der Waals surface area (Å²) in [5, 5.41) is 0. The van der Waals surface area contributed by atoms with Gasteiger partial charge in [0.25, 0.3) is 0 Å². The molecule has 0 aromatic rings. The first-order chi connectivity index (χ1) is 8.61. The molecule has 2 N–H and O–H groups in total. The molecule has 18 heavy (non-hydrogen) atoms. The third kappa shape index (κ3) is 1.11. The molecular formula is C12H14N4O2. The lowest BCUT2D eigenvalue weighted by Crippen LogP contribution is -2.60. The van der Waals surface area contributed by atoms with Crippen LogP contribution in [0, 0.1) is 12.3 Å². The lowest BCUT2D eigenvalue weighted by Gasteiger charge is -2.37. The number of carbonyl (C=O) groups excluding carboxylic acids is 2. The number of hydrogen-bond donors (Lipinski definition) is 1. The molecule has 94 valence electrons. The SMILES string of the molecule is C#CCN1C(=O)N=C(N)C12CC(=O)N1CCCC12. The molecule has 0 radical (unpaired) electrons. The molecule has 0 bridgehead atoms. The van der Waals surface area contributed by atoms with Crippen LogP contribution in [0.1, 0.15) is 19.3 Å². The molecule has 2 unspecified atom stereocenters. The summed E-state index contributed by atoms with van der Waals surface area (Å²) >= 11 is 0. The second-order valence-electron chi connectivity index (χ2n) is 4.92. The number of aliphatic imine (C=N–C) groups is 1. The number of fused-ring (bicyclic) bond motifs is 2. The fraction of sp³-hybridized carbons (Fsp3) is 0.583. The van der Waals surface area contributed by atoms with Gasteiger partial charge in [-0.05, 0) is 12.8 Å². The number of urea groups is 1. The Morgan fingerprint density at radius 2 is 2.33 bits per heavy atom. The van der Waals surface area contributed by atoms with Gasteiger partial charge < -0.3 is 10.6 Å². The Hall–Kier alpha value is -2.03. The zero-order chi connectivity index (χ0) is 12.9. The molecule has 3 amide bonds. The highest BCUT2D eigenvalue weighted by molar-refractivity contribution is 6.10. The molecule has 3 aliphatic rings. The summed E-state index contributed by atoms with van der Waals surface area (Å²) in [5.74, 6) is 2.73. The number of amides is 3. The zero-order valence-electron chi connectivity index (χ0n) is 9.93. The Morgan fingerprint density at radius 3 is 3.06 bits per heavy atom. The second kappa shape index (κ2) is 3.48. The molecule has 0 aliphatic carbocycles. The van der Waals surface area contributed by atoms with Crippen molar-refractivity contribution in [2.75, 3.05) is 13.1 Å². The molecule has 6 nitrogen and oxygen atoms in total. The molecular weight excluding hydrogens is 232 g/mol. The van der Waals surface area contributed by atoms with Crippen molar-refractivity contribution in [2.45, 2.75) is 30.8 Å². The average Bonchev–Trinajstić information content (AvgIpc) is 2.94. The average molecular weight is 246 g/mol. The monoisotopic (exact) mass is 246 g/mol. The van der Waals surface area contributed by atoms with Gasteiger partial charge in [-0.2, -0.15) is 4.99 Å². The van der Waals surface area contributed by atoms with Gasteiger partial charge in [0, 0.05) is 6.54 Å². The topological polar surface area (TPSA) is 79.0 Å². The van der Waals surface area contributed by atoms with Crippen LogP contribution in [0.25, 0.3) is 0 Å². The van der Waals surface area contributed by atoms with Crippen LogP contribution in [0.15, 0.2) is 4.99 Å². The fourth-order valence-corrected chi connectivity index (χ4v) is 3.42. The maximum Gasteiger partial charge on any atom is 0.347 e. The normalized spacial score (nSPS) is 34.2. The molecule has 0 saturated carbocycles. The van der Waals surface area contributed by atoms with Crippen LogP contribution in [-0.4, -0.2) is 52.2 Å². The summed E-state index contributed by atoms with van der Waals surface area (Å²) in [6.45, 7) is 0.872. The molecule has 3 rings (SSSR count). The first-order valence-corrected chi connectivity index (χ1v) is 6.00. The second-order valence-corrected chi connectivity index (χ2v) is 4.92.